The van der Waals surface area contributed by atoms with Crippen LogP contribution in [0.2, 0.25) is 0 Å². The minimum Gasteiger partial charge on any atom is -0.444 e. The SMILES string of the molecule is CCN(CC(C)(CI)OCCC(C)(C)C)C(=O)OC(C)(C)C. The van der Waals surface area contributed by atoms with Gasteiger partial charge in [0.15, 0.2) is 0 Å². The first-order valence-electron chi connectivity index (χ1n) is 8.00. The second-order valence-corrected chi connectivity index (χ2v) is 9.00. The molecule has 0 aromatic carbocycles. The summed E-state index contributed by atoms with van der Waals surface area (Å²) in [4.78, 5) is 14.0. The van der Waals surface area contributed by atoms with Gasteiger partial charge >= 0.3 is 6.09 Å². The maximum atomic E-state index is 12.3. The maximum Gasteiger partial charge on any atom is 0.410 e. The van der Waals surface area contributed by atoms with Crippen molar-refractivity contribution in [1.82, 2.24) is 4.90 Å². The molecule has 0 aliphatic heterocycles. The van der Waals surface area contributed by atoms with E-state index in [1.807, 2.05) is 27.7 Å². The summed E-state index contributed by atoms with van der Waals surface area (Å²) < 4.78 is 12.4. The number of carbonyl (C=O) groups is 1. The van der Waals surface area contributed by atoms with Gasteiger partial charge < -0.3 is 14.4 Å². The molecule has 22 heavy (non-hydrogen) atoms. The number of hydrogen-bond donors (Lipinski definition) is 0. The van der Waals surface area contributed by atoms with Gasteiger partial charge in [0.1, 0.15) is 5.60 Å². The molecule has 0 aromatic heterocycles. The molecular formula is C17H34INO3. The van der Waals surface area contributed by atoms with Gasteiger partial charge in [-0.05, 0) is 46.5 Å². The third-order valence-electron chi connectivity index (χ3n) is 3.14. The Hall–Kier alpha value is -0.0400. The Morgan fingerprint density at radius 3 is 2.00 bits per heavy atom. The van der Waals surface area contributed by atoms with Crippen molar-refractivity contribution in [3.05, 3.63) is 0 Å². The molecule has 0 spiro atoms. The van der Waals surface area contributed by atoms with E-state index in [0.717, 1.165) is 10.8 Å². The fourth-order valence-electron chi connectivity index (χ4n) is 1.77. The molecule has 0 aliphatic rings. The molecule has 0 aliphatic carbocycles. The van der Waals surface area contributed by atoms with Crippen LogP contribution in [-0.2, 0) is 9.47 Å². The number of alkyl halides is 1. The number of halogens is 1. The van der Waals surface area contributed by atoms with Crippen molar-refractivity contribution in [1.29, 1.82) is 0 Å². The van der Waals surface area contributed by atoms with Crippen LogP contribution in [0, 0.1) is 5.41 Å². The van der Waals surface area contributed by atoms with Crippen LogP contribution in [0.3, 0.4) is 0 Å². The highest BCUT2D eigenvalue weighted by molar-refractivity contribution is 14.1. The molecule has 0 radical (unpaired) electrons. The summed E-state index contributed by atoms with van der Waals surface area (Å²) in [6.45, 7) is 18.2. The van der Waals surface area contributed by atoms with E-state index in [2.05, 4.69) is 50.3 Å². The third kappa shape index (κ3) is 9.87. The van der Waals surface area contributed by atoms with Crippen molar-refractivity contribution in [3.63, 3.8) is 0 Å². The Labute approximate surface area is 150 Å². The number of rotatable bonds is 7. The quantitative estimate of drug-likeness (QED) is 0.429. The van der Waals surface area contributed by atoms with Crippen LogP contribution in [0.5, 0.6) is 0 Å². The second-order valence-electron chi connectivity index (χ2n) is 8.24. The Bertz CT molecular complexity index is 347. The van der Waals surface area contributed by atoms with Crippen LogP contribution in [0.1, 0.15) is 61.8 Å². The lowest BCUT2D eigenvalue weighted by Crippen LogP contribution is -2.48. The molecule has 0 saturated heterocycles. The van der Waals surface area contributed by atoms with Crippen LogP contribution in [0.25, 0.3) is 0 Å². The molecular weight excluding hydrogens is 393 g/mol. The van der Waals surface area contributed by atoms with Gasteiger partial charge in [0.05, 0.1) is 12.1 Å². The van der Waals surface area contributed by atoms with Gasteiger partial charge in [-0.15, -0.1) is 0 Å². The summed E-state index contributed by atoms with van der Waals surface area (Å²) in [6, 6.07) is 0. The highest BCUT2D eigenvalue weighted by Crippen LogP contribution is 2.23. The maximum absolute atomic E-state index is 12.3. The van der Waals surface area contributed by atoms with Crippen molar-refractivity contribution in [2.75, 3.05) is 24.1 Å². The van der Waals surface area contributed by atoms with Crippen molar-refractivity contribution in [3.8, 4) is 0 Å². The first-order valence-corrected chi connectivity index (χ1v) is 9.52. The lowest BCUT2D eigenvalue weighted by atomic mass is 9.93. The minimum atomic E-state index is -0.474. The lowest BCUT2D eigenvalue weighted by molar-refractivity contribution is -0.0478. The number of nitrogens with zero attached hydrogens (tertiary/aromatic N) is 1. The minimum absolute atomic E-state index is 0.252. The van der Waals surface area contributed by atoms with E-state index in [0.29, 0.717) is 19.7 Å². The van der Waals surface area contributed by atoms with E-state index < -0.39 is 5.60 Å². The molecule has 1 amide bonds. The molecule has 4 nitrogen and oxygen atoms in total. The average Bonchev–Trinajstić information content (AvgIpc) is 2.32. The molecule has 0 heterocycles. The van der Waals surface area contributed by atoms with E-state index in [9.17, 15) is 4.79 Å². The highest BCUT2D eigenvalue weighted by atomic mass is 127. The zero-order chi connectivity index (χ0) is 17.6. The van der Waals surface area contributed by atoms with Crippen molar-refractivity contribution in [2.24, 2.45) is 5.41 Å². The Morgan fingerprint density at radius 1 is 1.09 bits per heavy atom. The first kappa shape index (κ1) is 22.0. The summed E-state index contributed by atoms with van der Waals surface area (Å²) in [5, 5.41) is 0. The second kappa shape index (κ2) is 8.71. The van der Waals surface area contributed by atoms with E-state index in [1.54, 1.807) is 4.90 Å². The third-order valence-corrected chi connectivity index (χ3v) is 4.76. The molecule has 0 N–H and O–H groups in total. The highest BCUT2D eigenvalue weighted by Gasteiger charge is 2.31. The standard InChI is InChI=1S/C17H34INO3/c1-9-19(14(20)22-16(5,6)7)13-17(8,12-18)21-11-10-15(2,3)4/h9-13H2,1-8H3. The summed E-state index contributed by atoms with van der Waals surface area (Å²) in [7, 11) is 0. The van der Waals surface area contributed by atoms with Crippen molar-refractivity contribution >= 4 is 28.7 Å². The molecule has 0 saturated carbocycles. The molecule has 1 unspecified atom stereocenters. The number of amides is 1. The van der Waals surface area contributed by atoms with Gasteiger partial charge in [0.25, 0.3) is 0 Å². The zero-order valence-corrected chi connectivity index (χ0v) is 17.7. The normalized spacial score (nSPS) is 15.3. The topological polar surface area (TPSA) is 38.8 Å². The van der Waals surface area contributed by atoms with Gasteiger partial charge in [-0.3, -0.25) is 0 Å². The van der Waals surface area contributed by atoms with Gasteiger partial charge in [0.2, 0.25) is 0 Å². The predicted molar refractivity (Wildman–Crippen MR) is 101 cm³/mol. The number of carbonyl (C=O) groups excluding carboxylic acids is 1. The van der Waals surface area contributed by atoms with E-state index in [4.69, 9.17) is 9.47 Å². The first-order chi connectivity index (χ1) is 9.82. The van der Waals surface area contributed by atoms with Crippen LogP contribution < -0.4 is 0 Å². The summed E-state index contributed by atoms with van der Waals surface area (Å²) in [5.41, 5.74) is -0.571. The van der Waals surface area contributed by atoms with Gasteiger partial charge in [-0.25, -0.2) is 4.79 Å². The van der Waals surface area contributed by atoms with Gasteiger partial charge in [-0.2, -0.15) is 0 Å². The zero-order valence-electron chi connectivity index (χ0n) is 15.6. The Morgan fingerprint density at radius 2 is 1.64 bits per heavy atom. The smallest absolute Gasteiger partial charge is 0.410 e. The molecule has 132 valence electrons. The van der Waals surface area contributed by atoms with E-state index in [-0.39, 0.29) is 17.1 Å². The summed E-state index contributed by atoms with van der Waals surface area (Å²) in [6.07, 6.45) is 0.725. The molecule has 0 bridgehead atoms. The van der Waals surface area contributed by atoms with Crippen LogP contribution in [-0.4, -0.2) is 46.3 Å². The largest absolute Gasteiger partial charge is 0.444 e. The molecule has 0 rings (SSSR count). The monoisotopic (exact) mass is 427 g/mol. The summed E-state index contributed by atoms with van der Waals surface area (Å²) >= 11 is 2.32. The Balaban J connectivity index is 4.68. The predicted octanol–water partition coefficient (Wildman–Crippen LogP) is 4.89. The van der Waals surface area contributed by atoms with Crippen LogP contribution in [0.15, 0.2) is 0 Å². The van der Waals surface area contributed by atoms with Crippen molar-refractivity contribution in [2.45, 2.75) is 73.0 Å². The Kier molecular flexibility index (Phi) is 8.70. The summed E-state index contributed by atoms with van der Waals surface area (Å²) in [5.74, 6) is 0. The average molecular weight is 427 g/mol. The fraction of sp³-hybridized carbons (Fsp3) is 0.941. The lowest BCUT2D eigenvalue weighted by Gasteiger charge is -2.35. The number of ether oxygens (including phenoxy) is 2. The van der Waals surface area contributed by atoms with E-state index in [1.165, 1.54) is 0 Å². The molecule has 0 fully saturated rings. The van der Waals surface area contributed by atoms with Crippen molar-refractivity contribution < 1.29 is 14.3 Å². The number of likely N-dealkylation sites (N-methyl/N-ethyl adjacent to an activating group) is 1. The fourth-order valence-corrected chi connectivity index (χ4v) is 2.23. The van der Waals surface area contributed by atoms with Crippen LogP contribution in [0.4, 0.5) is 4.79 Å². The molecule has 1 atom stereocenters. The van der Waals surface area contributed by atoms with Gasteiger partial charge in [0, 0.05) is 17.6 Å². The van der Waals surface area contributed by atoms with E-state index >= 15 is 0 Å². The number of hydrogen-bond acceptors (Lipinski definition) is 3. The van der Waals surface area contributed by atoms with Crippen LogP contribution >= 0.6 is 22.6 Å². The van der Waals surface area contributed by atoms with Gasteiger partial charge in [-0.1, -0.05) is 43.4 Å². The molecule has 5 heteroatoms. The molecule has 0 aromatic rings.